The van der Waals surface area contributed by atoms with Crippen LogP contribution in [0.25, 0.3) is 6.08 Å². The molecule has 1 aliphatic rings. The molecule has 6 heteroatoms. The second-order valence-electron chi connectivity index (χ2n) is 6.14. The van der Waals surface area contributed by atoms with Gasteiger partial charge in [-0.3, -0.25) is 0 Å². The van der Waals surface area contributed by atoms with Gasteiger partial charge in [0.1, 0.15) is 12.2 Å². The number of allylic oxidation sites excluding steroid dienone is 1. The number of hydrogen-bond donors (Lipinski definition) is 1. The minimum absolute atomic E-state index is 0.188. The van der Waals surface area contributed by atoms with Crippen molar-refractivity contribution < 1.29 is 28.8 Å². The summed E-state index contributed by atoms with van der Waals surface area (Å²) in [6.45, 7) is 3.91. The quantitative estimate of drug-likeness (QED) is 0.793. The summed E-state index contributed by atoms with van der Waals surface area (Å²) in [5.41, 5.74) is 1.61. The molecular formula is C21H24O6. The lowest BCUT2D eigenvalue weighted by Gasteiger charge is -2.23. The van der Waals surface area contributed by atoms with Crippen LogP contribution in [0.15, 0.2) is 36.4 Å². The van der Waals surface area contributed by atoms with Crippen LogP contribution in [0.1, 0.15) is 31.1 Å². The monoisotopic (exact) mass is 372 g/mol. The van der Waals surface area contributed by atoms with Gasteiger partial charge in [0.25, 0.3) is 0 Å². The Kier molecular flexibility index (Phi) is 5.76. The van der Waals surface area contributed by atoms with Gasteiger partial charge < -0.3 is 28.8 Å². The third-order valence-electron chi connectivity index (χ3n) is 4.33. The SMILES string of the molecule is C/C=C/c1cc(OC)c(O[C@@H](C)[C@H](O)c2ccc3c(c2)OCO3)c(OC)c1. The summed E-state index contributed by atoms with van der Waals surface area (Å²) in [5.74, 6) is 2.80. The van der Waals surface area contributed by atoms with E-state index < -0.39 is 12.2 Å². The van der Waals surface area contributed by atoms with Gasteiger partial charge in [-0.25, -0.2) is 0 Å². The van der Waals surface area contributed by atoms with Crippen LogP contribution < -0.4 is 23.7 Å². The van der Waals surface area contributed by atoms with Gasteiger partial charge in [0.05, 0.1) is 14.2 Å². The van der Waals surface area contributed by atoms with Crippen LogP contribution in [-0.2, 0) is 0 Å². The second kappa shape index (κ2) is 8.22. The Morgan fingerprint density at radius 2 is 1.70 bits per heavy atom. The van der Waals surface area contributed by atoms with Gasteiger partial charge in [-0.2, -0.15) is 0 Å². The minimum atomic E-state index is -0.871. The number of methoxy groups -OCH3 is 2. The number of rotatable bonds is 7. The molecule has 0 saturated heterocycles. The van der Waals surface area contributed by atoms with Crippen molar-refractivity contribution in [3.05, 3.63) is 47.5 Å². The Labute approximate surface area is 158 Å². The highest BCUT2D eigenvalue weighted by Gasteiger charge is 2.24. The van der Waals surface area contributed by atoms with E-state index in [1.807, 2.05) is 31.2 Å². The molecule has 2 atom stereocenters. The Balaban J connectivity index is 1.85. The summed E-state index contributed by atoms with van der Waals surface area (Å²) >= 11 is 0. The highest BCUT2D eigenvalue weighted by molar-refractivity contribution is 5.62. The smallest absolute Gasteiger partial charge is 0.231 e. The summed E-state index contributed by atoms with van der Waals surface area (Å²) in [6.07, 6.45) is 2.45. The standard InChI is InChI=1S/C21H24O6/c1-5-6-14-9-18(23-3)21(19(10-14)24-4)27-13(2)20(22)15-7-8-16-17(11-15)26-12-25-16/h5-11,13,20,22H,12H2,1-4H3/b6-5+/t13-,20-/m0/s1. The number of hydrogen-bond acceptors (Lipinski definition) is 6. The van der Waals surface area contributed by atoms with Gasteiger partial charge in [-0.05, 0) is 49.2 Å². The van der Waals surface area contributed by atoms with Crippen molar-refractivity contribution in [3.63, 3.8) is 0 Å². The molecule has 3 rings (SSSR count). The lowest BCUT2D eigenvalue weighted by Crippen LogP contribution is -2.22. The largest absolute Gasteiger partial charge is 0.493 e. The third-order valence-corrected chi connectivity index (χ3v) is 4.33. The molecule has 2 aromatic carbocycles. The molecule has 0 bridgehead atoms. The van der Waals surface area contributed by atoms with Gasteiger partial charge in [-0.1, -0.05) is 18.2 Å². The van der Waals surface area contributed by atoms with Crippen LogP contribution in [0, 0.1) is 0 Å². The first-order valence-corrected chi connectivity index (χ1v) is 8.70. The molecule has 0 unspecified atom stereocenters. The zero-order valence-corrected chi connectivity index (χ0v) is 15.9. The Morgan fingerprint density at radius 1 is 1.04 bits per heavy atom. The number of fused-ring (bicyclic) bond motifs is 1. The molecule has 0 amide bonds. The number of ether oxygens (including phenoxy) is 5. The fourth-order valence-corrected chi connectivity index (χ4v) is 2.92. The summed E-state index contributed by atoms with van der Waals surface area (Å²) in [7, 11) is 3.14. The molecule has 0 aliphatic carbocycles. The van der Waals surface area contributed by atoms with Crippen molar-refractivity contribution in [2.75, 3.05) is 21.0 Å². The van der Waals surface area contributed by atoms with Gasteiger partial charge in [-0.15, -0.1) is 0 Å². The third kappa shape index (κ3) is 3.95. The maximum absolute atomic E-state index is 10.7. The van der Waals surface area contributed by atoms with E-state index in [0.29, 0.717) is 34.3 Å². The molecule has 2 aromatic rings. The van der Waals surface area contributed by atoms with E-state index in [-0.39, 0.29) is 6.79 Å². The summed E-state index contributed by atoms with van der Waals surface area (Å²) in [4.78, 5) is 0. The predicted molar refractivity (Wildman–Crippen MR) is 102 cm³/mol. The van der Waals surface area contributed by atoms with Gasteiger partial charge in [0.15, 0.2) is 23.0 Å². The van der Waals surface area contributed by atoms with Crippen molar-refractivity contribution in [2.45, 2.75) is 26.1 Å². The minimum Gasteiger partial charge on any atom is -0.493 e. The molecule has 144 valence electrons. The van der Waals surface area contributed by atoms with E-state index >= 15 is 0 Å². The molecule has 0 fully saturated rings. The fourth-order valence-electron chi connectivity index (χ4n) is 2.92. The molecule has 1 N–H and O–H groups in total. The number of aliphatic hydroxyl groups is 1. The van der Waals surface area contributed by atoms with E-state index in [0.717, 1.165) is 5.56 Å². The van der Waals surface area contributed by atoms with Crippen LogP contribution in [0.5, 0.6) is 28.7 Å². The first-order chi connectivity index (χ1) is 13.1. The zero-order valence-electron chi connectivity index (χ0n) is 15.9. The first-order valence-electron chi connectivity index (χ1n) is 8.70. The number of aliphatic hydroxyl groups excluding tert-OH is 1. The van der Waals surface area contributed by atoms with Crippen LogP contribution in [-0.4, -0.2) is 32.2 Å². The van der Waals surface area contributed by atoms with Crippen molar-refractivity contribution in [1.82, 2.24) is 0 Å². The van der Waals surface area contributed by atoms with Gasteiger partial charge in [0, 0.05) is 0 Å². The number of benzene rings is 2. The van der Waals surface area contributed by atoms with Crippen LogP contribution in [0.3, 0.4) is 0 Å². The molecule has 6 nitrogen and oxygen atoms in total. The highest BCUT2D eigenvalue weighted by atomic mass is 16.7. The van der Waals surface area contributed by atoms with E-state index in [1.54, 1.807) is 39.3 Å². The zero-order chi connectivity index (χ0) is 19.4. The molecule has 0 saturated carbocycles. The van der Waals surface area contributed by atoms with Crippen molar-refractivity contribution >= 4 is 6.08 Å². The normalized spacial score (nSPS) is 14.9. The highest BCUT2D eigenvalue weighted by Crippen LogP contribution is 2.41. The molecule has 0 radical (unpaired) electrons. The predicted octanol–water partition coefficient (Wildman–Crippen LogP) is 3.97. The fraction of sp³-hybridized carbons (Fsp3) is 0.333. The van der Waals surface area contributed by atoms with E-state index in [9.17, 15) is 5.11 Å². The van der Waals surface area contributed by atoms with Gasteiger partial charge >= 0.3 is 0 Å². The van der Waals surface area contributed by atoms with Crippen LogP contribution >= 0.6 is 0 Å². The molecule has 1 aliphatic heterocycles. The van der Waals surface area contributed by atoms with Crippen LogP contribution in [0.2, 0.25) is 0 Å². The van der Waals surface area contributed by atoms with E-state index in [1.165, 1.54) is 0 Å². The lowest BCUT2D eigenvalue weighted by molar-refractivity contribution is 0.0433. The Bertz CT molecular complexity index is 804. The average Bonchev–Trinajstić information content (AvgIpc) is 3.16. The van der Waals surface area contributed by atoms with Crippen molar-refractivity contribution in [3.8, 4) is 28.7 Å². The molecule has 0 aromatic heterocycles. The topological polar surface area (TPSA) is 66.4 Å². The second-order valence-corrected chi connectivity index (χ2v) is 6.14. The van der Waals surface area contributed by atoms with Gasteiger partial charge in [0.2, 0.25) is 12.5 Å². The van der Waals surface area contributed by atoms with Crippen molar-refractivity contribution in [1.29, 1.82) is 0 Å². The van der Waals surface area contributed by atoms with E-state index in [4.69, 9.17) is 23.7 Å². The van der Waals surface area contributed by atoms with E-state index in [2.05, 4.69) is 0 Å². The van der Waals surface area contributed by atoms with Crippen molar-refractivity contribution in [2.24, 2.45) is 0 Å². The van der Waals surface area contributed by atoms with Crippen LogP contribution in [0.4, 0.5) is 0 Å². The summed E-state index contributed by atoms with van der Waals surface area (Å²) in [6, 6.07) is 9.05. The molecule has 1 heterocycles. The molecule has 27 heavy (non-hydrogen) atoms. The molecule has 0 spiro atoms. The maximum Gasteiger partial charge on any atom is 0.231 e. The lowest BCUT2D eigenvalue weighted by atomic mass is 10.0. The average molecular weight is 372 g/mol. The summed E-state index contributed by atoms with van der Waals surface area (Å²) in [5, 5.41) is 10.7. The maximum atomic E-state index is 10.7. The first kappa shape index (κ1) is 18.9. The Hall–Kier alpha value is -2.86. The Morgan fingerprint density at radius 3 is 2.33 bits per heavy atom. The molecular weight excluding hydrogens is 348 g/mol. The summed E-state index contributed by atoms with van der Waals surface area (Å²) < 4.78 is 27.6.